The van der Waals surface area contributed by atoms with Gasteiger partial charge >= 0.3 is 11.9 Å². The number of benzene rings is 2. The number of esters is 2. The number of carbonyl (C=O) groups is 2. The van der Waals surface area contributed by atoms with E-state index >= 15 is 0 Å². The molecule has 2 rings (SSSR count). The van der Waals surface area contributed by atoms with Crippen LogP contribution in [0.3, 0.4) is 0 Å². The van der Waals surface area contributed by atoms with Gasteiger partial charge in [0.05, 0.1) is 13.1 Å². The number of rotatable bonds is 9. The minimum absolute atomic E-state index is 0. The minimum atomic E-state index is -0.569. The third kappa shape index (κ3) is 7.31. The molecule has 0 atom stereocenters. The highest BCUT2D eigenvalue weighted by Crippen LogP contribution is 2.38. The van der Waals surface area contributed by atoms with Crippen LogP contribution in [0.5, 0.6) is 11.5 Å². The normalized spacial score (nSPS) is 9.53. The van der Waals surface area contributed by atoms with Gasteiger partial charge in [-0.2, -0.15) is 0 Å². The Morgan fingerprint density at radius 1 is 0.767 bits per heavy atom. The molecule has 2 aromatic carbocycles. The lowest BCUT2D eigenvalue weighted by atomic mass is 9.97. The Bertz CT molecular complexity index is 827. The van der Waals surface area contributed by atoms with E-state index in [1.807, 2.05) is 24.3 Å². The Balaban J connectivity index is 0.00000420. The van der Waals surface area contributed by atoms with Crippen molar-refractivity contribution in [3.05, 3.63) is 72.8 Å². The number of hydrogen-bond acceptors (Lipinski definition) is 6. The molecule has 2 aromatic rings. The van der Waals surface area contributed by atoms with Gasteiger partial charge in [-0.05, 0) is 48.2 Å². The second-order valence-corrected chi connectivity index (χ2v) is 6.00. The summed E-state index contributed by atoms with van der Waals surface area (Å²) in [5.41, 5.74) is 13.9. The largest absolute Gasteiger partial charge is 0.425 e. The van der Waals surface area contributed by atoms with Gasteiger partial charge in [-0.1, -0.05) is 24.3 Å². The molecule has 0 radical (unpaired) electrons. The van der Waals surface area contributed by atoms with Crippen LogP contribution in [0.25, 0.3) is 11.1 Å². The third-order valence-corrected chi connectivity index (χ3v) is 3.92. The van der Waals surface area contributed by atoms with Crippen molar-refractivity contribution >= 4 is 36.8 Å². The first-order chi connectivity index (χ1) is 13.5. The average molecular weight is 453 g/mol. The summed E-state index contributed by atoms with van der Waals surface area (Å²) in [5, 5.41) is 0. The molecular weight excluding hydrogens is 427 g/mol. The predicted octanol–water partition coefficient (Wildman–Crippen LogP) is 3.38. The van der Waals surface area contributed by atoms with Crippen molar-refractivity contribution in [3.8, 4) is 22.6 Å². The first kappa shape index (κ1) is 27.4. The summed E-state index contributed by atoms with van der Waals surface area (Å²) in [6.45, 7) is 7.00. The van der Waals surface area contributed by atoms with Crippen LogP contribution >= 0.6 is 24.8 Å². The fourth-order valence-corrected chi connectivity index (χ4v) is 2.67. The summed E-state index contributed by atoms with van der Waals surface area (Å²) >= 11 is 0. The van der Waals surface area contributed by atoms with E-state index in [0.29, 0.717) is 35.5 Å². The van der Waals surface area contributed by atoms with Gasteiger partial charge in [0.15, 0.2) is 0 Å². The summed E-state index contributed by atoms with van der Waals surface area (Å²) < 4.78 is 10.8. The molecule has 0 aliphatic heterocycles. The fourth-order valence-electron chi connectivity index (χ4n) is 2.67. The molecule has 0 heterocycles. The van der Waals surface area contributed by atoms with E-state index in [9.17, 15) is 9.59 Å². The van der Waals surface area contributed by atoms with Crippen LogP contribution in [-0.2, 0) is 22.4 Å². The molecule has 4 N–H and O–H groups in total. The summed E-state index contributed by atoms with van der Waals surface area (Å²) in [5.74, 6) is -0.492. The van der Waals surface area contributed by atoms with Gasteiger partial charge in [0.1, 0.15) is 11.5 Å². The maximum atomic E-state index is 11.8. The molecule has 0 aromatic heterocycles. The number of allylic oxidation sites excluding steroid dienone is 2. The Kier molecular flexibility index (Phi) is 12.4. The third-order valence-electron chi connectivity index (χ3n) is 3.92. The number of ether oxygens (including phenoxy) is 2. The van der Waals surface area contributed by atoms with Gasteiger partial charge < -0.3 is 20.9 Å². The zero-order valence-electron chi connectivity index (χ0n) is 16.5. The molecule has 0 bridgehead atoms. The molecule has 162 valence electrons. The maximum absolute atomic E-state index is 11.8. The monoisotopic (exact) mass is 452 g/mol. The van der Waals surface area contributed by atoms with Crippen LogP contribution in [0.15, 0.2) is 61.7 Å². The molecule has 0 saturated heterocycles. The molecule has 8 heteroatoms. The Morgan fingerprint density at radius 3 is 1.43 bits per heavy atom. The molecule has 0 fully saturated rings. The van der Waals surface area contributed by atoms with E-state index in [-0.39, 0.29) is 37.9 Å². The first-order valence-corrected chi connectivity index (χ1v) is 8.81. The van der Waals surface area contributed by atoms with Crippen LogP contribution in [-0.4, -0.2) is 25.0 Å². The standard InChI is InChI=1S/C22H24N2O4.2ClH/c1-3-5-15-7-9-19(27-21(25)13-23)17(11-15)18-12-16(6-4-2)8-10-20(18)28-22(26)14-24;;/h3-4,7-12H,1-2,5-6,13-14,23-24H2;2*1H. The van der Waals surface area contributed by atoms with Crippen molar-refractivity contribution in [2.75, 3.05) is 13.1 Å². The minimum Gasteiger partial charge on any atom is -0.425 e. The quantitative estimate of drug-likeness (QED) is 0.343. The Morgan fingerprint density at radius 2 is 1.13 bits per heavy atom. The maximum Gasteiger partial charge on any atom is 0.325 e. The lowest BCUT2D eigenvalue weighted by molar-refractivity contribution is -0.133. The van der Waals surface area contributed by atoms with E-state index in [1.54, 1.807) is 24.3 Å². The SMILES string of the molecule is C=CCc1ccc(OC(=O)CN)c(-c2cc(CC=C)ccc2OC(=O)CN)c1.Cl.Cl. The summed E-state index contributed by atoms with van der Waals surface area (Å²) in [6, 6.07) is 10.8. The van der Waals surface area contributed by atoms with Crippen molar-refractivity contribution in [2.45, 2.75) is 12.8 Å². The van der Waals surface area contributed by atoms with E-state index in [1.165, 1.54) is 0 Å². The summed E-state index contributed by atoms with van der Waals surface area (Å²) in [7, 11) is 0. The fraction of sp³-hybridized carbons (Fsp3) is 0.182. The van der Waals surface area contributed by atoms with Crippen LogP contribution in [0, 0.1) is 0 Å². The lowest BCUT2D eigenvalue weighted by Gasteiger charge is -2.16. The number of hydrogen-bond donors (Lipinski definition) is 2. The van der Waals surface area contributed by atoms with E-state index < -0.39 is 11.9 Å². The van der Waals surface area contributed by atoms with Gasteiger partial charge in [0.25, 0.3) is 0 Å². The van der Waals surface area contributed by atoms with Crippen molar-refractivity contribution < 1.29 is 19.1 Å². The molecular formula is C22H26Cl2N2O4. The molecule has 0 spiro atoms. The molecule has 0 unspecified atom stereocenters. The van der Waals surface area contributed by atoms with E-state index in [4.69, 9.17) is 20.9 Å². The predicted molar refractivity (Wildman–Crippen MR) is 124 cm³/mol. The molecule has 0 amide bonds. The molecule has 0 aliphatic carbocycles. The Labute approximate surface area is 188 Å². The molecule has 6 nitrogen and oxygen atoms in total. The topological polar surface area (TPSA) is 105 Å². The first-order valence-electron chi connectivity index (χ1n) is 8.81. The lowest BCUT2D eigenvalue weighted by Crippen LogP contribution is -2.20. The number of carbonyl (C=O) groups excluding carboxylic acids is 2. The van der Waals surface area contributed by atoms with Crippen LogP contribution < -0.4 is 20.9 Å². The van der Waals surface area contributed by atoms with Gasteiger partial charge in [-0.25, -0.2) is 0 Å². The zero-order chi connectivity index (χ0) is 20.5. The van der Waals surface area contributed by atoms with Gasteiger partial charge in [-0.3, -0.25) is 9.59 Å². The van der Waals surface area contributed by atoms with Crippen molar-refractivity contribution in [1.82, 2.24) is 0 Å². The highest BCUT2D eigenvalue weighted by atomic mass is 35.5. The number of halogens is 2. The second kappa shape index (κ2) is 13.6. The summed E-state index contributed by atoms with van der Waals surface area (Å²) in [4.78, 5) is 23.6. The van der Waals surface area contributed by atoms with Crippen LogP contribution in [0.1, 0.15) is 11.1 Å². The van der Waals surface area contributed by atoms with Crippen LogP contribution in [0.4, 0.5) is 0 Å². The molecule has 0 saturated carbocycles. The van der Waals surface area contributed by atoms with Crippen molar-refractivity contribution in [1.29, 1.82) is 0 Å². The zero-order valence-corrected chi connectivity index (χ0v) is 18.1. The van der Waals surface area contributed by atoms with Crippen LogP contribution in [0.2, 0.25) is 0 Å². The summed E-state index contributed by atoms with van der Waals surface area (Å²) in [6.07, 6.45) is 4.80. The van der Waals surface area contributed by atoms with E-state index in [2.05, 4.69) is 13.2 Å². The highest BCUT2D eigenvalue weighted by Gasteiger charge is 2.17. The van der Waals surface area contributed by atoms with Crippen molar-refractivity contribution in [2.24, 2.45) is 11.5 Å². The average Bonchev–Trinajstić information content (AvgIpc) is 2.70. The van der Waals surface area contributed by atoms with Gasteiger partial charge in [0, 0.05) is 11.1 Å². The molecule has 0 aliphatic rings. The molecule has 30 heavy (non-hydrogen) atoms. The van der Waals surface area contributed by atoms with E-state index in [0.717, 1.165) is 11.1 Å². The second-order valence-electron chi connectivity index (χ2n) is 6.00. The highest BCUT2D eigenvalue weighted by molar-refractivity contribution is 5.86. The smallest absolute Gasteiger partial charge is 0.325 e. The number of nitrogens with two attached hydrogens (primary N) is 2. The van der Waals surface area contributed by atoms with Gasteiger partial charge in [-0.15, -0.1) is 38.0 Å². The Hall–Kier alpha value is -2.64. The van der Waals surface area contributed by atoms with Crippen molar-refractivity contribution in [3.63, 3.8) is 0 Å². The van der Waals surface area contributed by atoms with Gasteiger partial charge in [0.2, 0.25) is 0 Å².